The maximum absolute atomic E-state index is 12.1. The molecular weight excluding hydrogens is 399 g/mol. The van der Waals surface area contributed by atoms with Crippen LogP contribution >= 0.6 is 11.3 Å². The number of alkyl halides is 3. The first-order valence-electron chi connectivity index (χ1n) is 8.42. The van der Waals surface area contributed by atoms with Gasteiger partial charge in [-0.15, -0.1) is 21.5 Å². The van der Waals surface area contributed by atoms with Gasteiger partial charge < -0.3 is 20.3 Å². The maximum Gasteiger partial charge on any atom is 0.490 e. The molecule has 2 aromatic heterocycles. The van der Waals surface area contributed by atoms with Gasteiger partial charge in [0.05, 0.1) is 4.88 Å². The predicted octanol–water partition coefficient (Wildman–Crippen LogP) is 1.91. The second kappa shape index (κ2) is 9.64. The number of carbonyl (C=O) groups is 2. The molecule has 12 heteroatoms. The highest BCUT2D eigenvalue weighted by molar-refractivity contribution is 7.14. The largest absolute Gasteiger partial charge is 0.490 e. The van der Waals surface area contributed by atoms with Crippen LogP contribution in [0.15, 0.2) is 18.5 Å². The summed E-state index contributed by atoms with van der Waals surface area (Å²) < 4.78 is 33.6. The highest BCUT2D eigenvalue weighted by atomic mass is 32.1. The van der Waals surface area contributed by atoms with E-state index >= 15 is 0 Å². The summed E-state index contributed by atoms with van der Waals surface area (Å²) >= 11 is 1.58. The van der Waals surface area contributed by atoms with Crippen molar-refractivity contribution in [3.05, 3.63) is 34.0 Å². The molecule has 0 aromatic carbocycles. The zero-order valence-electron chi connectivity index (χ0n) is 15.0. The second-order valence-electron chi connectivity index (χ2n) is 6.02. The standard InChI is InChI=1S/C14H19N5OS.C2HF3O2/c1-19-9-17-18-13(19)6-8-16-14(20)12-5-4-11(21-12)10-3-2-7-15-10;3-2(4,5)1(6)7/h4-5,9-10,15H,2-3,6-8H2,1H3,(H,16,20);(H,6,7). The molecule has 3 rings (SSSR count). The molecule has 1 amide bonds. The average molecular weight is 419 g/mol. The number of aliphatic carboxylic acids is 1. The summed E-state index contributed by atoms with van der Waals surface area (Å²) in [6, 6.07) is 4.40. The first-order valence-corrected chi connectivity index (χ1v) is 9.24. The number of aryl methyl sites for hydroxylation is 1. The molecule has 0 bridgehead atoms. The third-order valence-electron chi connectivity index (χ3n) is 3.94. The Labute approximate surface area is 162 Å². The summed E-state index contributed by atoms with van der Waals surface area (Å²) in [4.78, 5) is 23.0. The van der Waals surface area contributed by atoms with Crippen LogP contribution in [0.3, 0.4) is 0 Å². The van der Waals surface area contributed by atoms with Gasteiger partial charge in [-0.25, -0.2) is 4.79 Å². The van der Waals surface area contributed by atoms with E-state index in [9.17, 15) is 18.0 Å². The fourth-order valence-corrected chi connectivity index (χ4v) is 3.53. The van der Waals surface area contributed by atoms with Crippen LogP contribution in [0.1, 0.15) is 39.3 Å². The van der Waals surface area contributed by atoms with Gasteiger partial charge in [-0.2, -0.15) is 13.2 Å². The van der Waals surface area contributed by atoms with Gasteiger partial charge in [0.25, 0.3) is 5.91 Å². The van der Waals surface area contributed by atoms with Crippen LogP contribution in [-0.4, -0.2) is 51.0 Å². The van der Waals surface area contributed by atoms with Crippen molar-refractivity contribution in [3.8, 4) is 0 Å². The molecule has 28 heavy (non-hydrogen) atoms. The third kappa shape index (κ3) is 6.30. The minimum Gasteiger partial charge on any atom is -0.475 e. The van der Waals surface area contributed by atoms with Crippen molar-refractivity contribution in [3.63, 3.8) is 0 Å². The first-order chi connectivity index (χ1) is 13.2. The molecule has 1 atom stereocenters. The number of nitrogens with one attached hydrogen (secondary N) is 2. The minimum absolute atomic E-state index is 0.00795. The lowest BCUT2D eigenvalue weighted by molar-refractivity contribution is -0.192. The Balaban J connectivity index is 0.000000345. The van der Waals surface area contributed by atoms with Crippen molar-refractivity contribution in [2.45, 2.75) is 31.5 Å². The molecule has 1 aliphatic rings. The number of hydrogen-bond donors (Lipinski definition) is 3. The Hall–Kier alpha value is -2.47. The van der Waals surface area contributed by atoms with E-state index in [1.54, 1.807) is 17.7 Å². The Kier molecular flexibility index (Phi) is 7.52. The fourth-order valence-electron chi connectivity index (χ4n) is 2.50. The van der Waals surface area contributed by atoms with Gasteiger partial charge in [0.15, 0.2) is 0 Å². The number of hydrogen-bond acceptors (Lipinski definition) is 6. The summed E-state index contributed by atoms with van der Waals surface area (Å²) in [7, 11) is 1.90. The van der Waals surface area contributed by atoms with Crippen molar-refractivity contribution in [1.82, 2.24) is 25.4 Å². The molecule has 1 saturated heterocycles. The SMILES string of the molecule is Cn1cnnc1CCNC(=O)c1ccc(C2CCCN2)s1.O=C(O)C(F)(F)F. The van der Waals surface area contributed by atoms with Gasteiger partial charge in [0, 0.05) is 30.9 Å². The monoisotopic (exact) mass is 419 g/mol. The highest BCUT2D eigenvalue weighted by Crippen LogP contribution is 2.29. The molecule has 0 spiro atoms. The molecule has 154 valence electrons. The Morgan fingerprint density at radius 2 is 2.14 bits per heavy atom. The number of halogens is 3. The van der Waals surface area contributed by atoms with Crippen LogP contribution in [0.25, 0.3) is 0 Å². The van der Waals surface area contributed by atoms with Crippen molar-refractivity contribution >= 4 is 23.2 Å². The van der Waals surface area contributed by atoms with Crippen molar-refractivity contribution < 1.29 is 27.9 Å². The maximum atomic E-state index is 12.1. The van der Waals surface area contributed by atoms with Crippen molar-refractivity contribution in [2.75, 3.05) is 13.1 Å². The Bertz CT molecular complexity index is 800. The number of rotatable bonds is 5. The number of amides is 1. The van der Waals surface area contributed by atoms with E-state index in [1.165, 1.54) is 11.3 Å². The molecule has 3 N–H and O–H groups in total. The summed E-state index contributed by atoms with van der Waals surface area (Å²) in [5, 5.41) is 21.3. The molecule has 2 aromatic rings. The molecule has 3 heterocycles. The molecule has 8 nitrogen and oxygen atoms in total. The van der Waals surface area contributed by atoms with E-state index in [1.807, 2.05) is 17.7 Å². The Morgan fingerprint density at radius 3 is 2.68 bits per heavy atom. The lowest BCUT2D eigenvalue weighted by atomic mass is 10.2. The van der Waals surface area contributed by atoms with E-state index in [4.69, 9.17) is 9.90 Å². The number of carboxylic acid groups (broad SMARTS) is 1. The zero-order valence-corrected chi connectivity index (χ0v) is 15.8. The molecule has 1 fully saturated rings. The van der Waals surface area contributed by atoms with Crippen LogP contribution in [0.5, 0.6) is 0 Å². The molecule has 0 radical (unpaired) electrons. The van der Waals surface area contributed by atoms with Gasteiger partial charge in [0.1, 0.15) is 12.2 Å². The molecular formula is C16H20F3N5O3S. The van der Waals surface area contributed by atoms with Gasteiger partial charge in [-0.1, -0.05) is 0 Å². The zero-order chi connectivity index (χ0) is 20.7. The van der Waals surface area contributed by atoms with Crippen molar-refractivity contribution in [2.24, 2.45) is 7.05 Å². The minimum atomic E-state index is -5.08. The van der Waals surface area contributed by atoms with E-state index in [0.717, 1.165) is 23.7 Å². The second-order valence-corrected chi connectivity index (χ2v) is 7.13. The van der Waals surface area contributed by atoms with Gasteiger partial charge >= 0.3 is 12.1 Å². The average Bonchev–Trinajstić information content (AvgIpc) is 3.36. The topological polar surface area (TPSA) is 109 Å². The van der Waals surface area contributed by atoms with E-state index in [0.29, 0.717) is 19.0 Å². The van der Waals surface area contributed by atoms with Crippen LogP contribution in [-0.2, 0) is 18.3 Å². The number of carbonyl (C=O) groups excluding carboxylic acids is 1. The summed E-state index contributed by atoms with van der Waals surface area (Å²) in [6.07, 6.45) is -0.364. The quantitative estimate of drug-likeness (QED) is 0.683. The lowest BCUT2D eigenvalue weighted by Gasteiger charge is -2.06. The van der Waals surface area contributed by atoms with Crippen LogP contribution in [0, 0.1) is 0 Å². The van der Waals surface area contributed by atoms with Gasteiger partial charge in [-0.05, 0) is 31.5 Å². The number of nitrogens with zero attached hydrogens (tertiary/aromatic N) is 3. The smallest absolute Gasteiger partial charge is 0.475 e. The fraction of sp³-hybridized carbons (Fsp3) is 0.500. The normalized spacial score (nSPS) is 16.4. The molecule has 0 aliphatic carbocycles. The molecule has 1 aliphatic heterocycles. The Morgan fingerprint density at radius 1 is 1.43 bits per heavy atom. The summed E-state index contributed by atoms with van der Waals surface area (Å²) in [6.45, 7) is 1.64. The summed E-state index contributed by atoms with van der Waals surface area (Å²) in [5.74, 6) is -1.89. The van der Waals surface area contributed by atoms with Crippen LogP contribution in [0.4, 0.5) is 13.2 Å². The number of carboxylic acids is 1. The van der Waals surface area contributed by atoms with Crippen LogP contribution < -0.4 is 10.6 Å². The third-order valence-corrected chi connectivity index (χ3v) is 5.13. The lowest BCUT2D eigenvalue weighted by Crippen LogP contribution is -2.25. The highest BCUT2D eigenvalue weighted by Gasteiger charge is 2.38. The number of aromatic nitrogens is 3. The summed E-state index contributed by atoms with van der Waals surface area (Å²) in [5.41, 5.74) is 0. The predicted molar refractivity (Wildman–Crippen MR) is 95.0 cm³/mol. The first kappa shape index (κ1) is 21.8. The van der Waals surface area contributed by atoms with E-state index in [-0.39, 0.29) is 5.91 Å². The molecule has 1 unspecified atom stereocenters. The van der Waals surface area contributed by atoms with E-state index in [2.05, 4.69) is 26.9 Å². The number of thiophene rings is 1. The van der Waals surface area contributed by atoms with Crippen LogP contribution in [0.2, 0.25) is 0 Å². The van der Waals surface area contributed by atoms with Gasteiger partial charge in [0.2, 0.25) is 0 Å². The van der Waals surface area contributed by atoms with E-state index < -0.39 is 12.1 Å². The van der Waals surface area contributed by atoms with Crippen molar-refractivity contribution in [1.29, 1.82) is 0 Å². The van der Waals surface area contributed by atoms with Gasteiger partial charge in [-0.3, -0.25) is 4.79 Å². The molecule has 0 saturated carbocycles.